The van der Waals surface area contributed by atoms with Gasteiger partial charge in [0.1, 0.15) is 5.82 Å². The molecule has 1 amide bonds. The number of anilines is 2. The summed E-state index contributed by atoms with van der Waals surface area (Å²) in [5.41, 5.74) is 3.42. The molecular formula is C20H17N5OS. The number of pyridine rings is 1. The summed E-state index contributed by atoms with van der Waals surface area (Å²) >= 11 is 4.90. The number of rotatable bonds is 4. The predicted octanol–water partition coefficient (Wildman–Crippen LogP) is 3.03. The van der Waals surface area contributed by atoms with Gasteiger partial charge in [-0.2, -0.15) is 0 Å². The smallest absolute Gasteiger partial charge is 0.255 e. The van der Waals surface area contributed by atoms with Crippen LogP contribution in [0.1, 0.15) is 27.4 Å². The highest BCUT2D eigenvalue weighted by atomic mass is 32.1. The highest BCUT2D eigenvalue weighted by Gasteiger charge is 2.20. The fraction of sp³-hybridized carbons (Fsp3) is 0.150. The van der Waals surface area contributed by atoms with Gasteiger partial charge in [-0.25, -0.2) is 15.0 Å². The Morgan fingerprint density at radius 2 is 2.04 bits per heavy atom. The van der Waals surface area contributed by atoms with E-state index in [1.54, 1.807) is 12.3 Å². The van der Waals surface area contributed by atoms with Crippen LogP contribution in [0.3, 0.4) is 0 Å². The van der Waals surface area contributed by atoms with E-state index in [-0.39, 0.29) is 5.91 Å². The number of hydrogen-bond donors (Lipinski definition) is 1. The minimum absolute atomic E-state index is 0.156. The highest BCUT2D eigenvalue weighted by molar-refractivity contribution is 7.79. The molecular weight excluding hydrogens is 358 g/mol. The number of carbonyl (C=O) groups excluding carboxylic acids is 1. The van der Waals surface area contributed by atoms with Crippen LogP contribution in [0.15, 0.2) is 54.9 Å². The average molecular weight is 375 g/mol. The fourth-order valence-corrected chi connectivity index (χ4v) is 3.15. The van der Waals surface area contributed by atoms with Crippen molar-refractivity contribution in [2.45, 2.75) is 13.0 Å². The normalized spacial score (nSPS) is 13.0. The zero-order valence-electron chi connectivity index (χ0n) is 14.5. The van der Waals surface area contributed by atoms with Crippen LogP contribution >= 0.6 is 12.2 Å². The number of hydrogen-bond acceptors (Lipinski definition) is 6. The topological polar surface area (TPSA) is 71.0 Å². The lowest BCUT2D eigenvalue weighted by atomic mass is 10.1. The third kappa shape index (κ3) is 3.83. The van der Waals surface area contributed by atoms with Gasteiger partial charge in [0, 0.05) is 54.1 Å². The molecule has 0 saturated heterocycles. The number of nitrogens with zero attached hydrogens (tertiary/aromatic N) is 4. The van der Waals surface area contributed by atoms with E-state index in [9.17, 15) is 4.79 Å². The first kappa shape index (κ1) is 17.2. The van der Waals surface area contributed by atoms with Gasteiger partial charge in [-0.05, 0) is 24.3 Å². The summed E-state index contributed by atoms with van der Waals surface area (Å²) in [6, 6.07) is 12.9. The maximum atomic E-state index is 12.5. The first-order valence-corrected chi connectivity index (χ1v) is 9.07. The summed E-state index contributed by atoms with van der Waals surface area (Å²) in [7, 11) is 0. The van der Waals surface area contributed by atoms with Gasteiger partial charge < -0.3 is 10.2 Å². The Kier molecular flexibility index (Phi) is 4.84. The van der Waals surface area contributed by atoms with E-state index in [1.165, 1.54) is 5.37 Å². The van der Waals surface area contributed by atoms with Crippen LogP contribution < -0.4 is 10.2 Å². The van der Waals surface area contributed by atoms with Gasteiger partial charge in [0.25, 0.3) is 5.91 Å². The van der Waals surface area contributed by atoms with Crippen molar-refractivity contribution in [3.63, 3.8) is 0 Å². The monoisotopic (exact) mass is 375 g/mol. The van der Waals surface area contributed by atoms with Gasteiger partial charge in [0.15, 0.2) is 5.82 Å². The predicted molar refractivity (Wildman–Crippen MR) is 108 cm³/mol. The van der Waals surface area contributed by atoms with Gasteiger partial charge >= 0.3 is 0 Å². The molecule has 4 rings (SSSR count). The highest BCUT2D eigenvalue weighted by Crippen LogP contribution is 2.22. The van der Waals surface area contributed by atoms with E-state index in [0.29, 0.717) is 17.9 Å². The molecule has 7 heteroatoms. The minimum atomic E-state index is -0.156. The lowest BCUT2D eigenvalue weighted by Crippen LogP contribution is -2.32. The molecule has 0 bridgehead atoms. The standard InChI is InChI=1S/C20H17N5OS/c26-20(23-16-4-2-1-3-5-16)14-6-8-21-19(10-14)25-9-7-17-15(12-25)11-22-18(13-27)24-17/h1-6,8,10-11,13H,7,9,12H2,(H,23,26). The molecule has 0 radical (unpaired) electrons. The average Bonchev–Trinajstić information content (AvgIpc) is 2.73. The lowest BCUT2D eigenvalue weighted by Gasteiger charge is -2.29. The van der Waals surface area contributed by atoms with Crippen LogP contribution in [0.4, 0.5) is 11.5 Å². The second kappa shape index (κ2) is 7.59. The molecule has 3 heterocycles. The van der Waals surface area contributed by atoms with Crippen molar-refractivity contribution in [3.05, 3.63) is 77.5 Å². The second-order valence-corrected chi connectivity index (χ2v) is 6.45. The van der Waals surface area contributed by atoms with Crippen molar-refractivity contribution in [1.82, 2.24) is 15.0 Å². The molecule has 0 fully saturated rings. The summed E-state index contributed by atoms with van der Waals surface area (Å²) in [4.78, 5) is 27.8. The first-order chi connectivity index (χ1) is 13.2. The van der Waals surface area contributed by atoms with Crippen molar-refractivity contribution >= 4 is 35.0 Å². The maximum absolute atomic E-state index is 12.5. The number of para-hydroxylation sites is 1. The van der Waals surface area contributed by atoms with Crippen LogP contribution in [0.5, 0.6) is 0 Å². The molecule has 1 aliphatic rings. The molecule has 2 aromatic heterocycles. The molecule has 0 saturated carbocycles. The Hall–Kier alpha value is -3.19. The second-order valence-electron chi connectivity index (χ2n) is 6.21. The molecule has 0 spiro atoms. The van der Waals surface area contributed by atoms with E-state index in [4.69, 9.17) is 12.2 Å². The molecule has 1 aromatic carbocycles. The Morgan fingerprint density at radius 1 is 1.19 bits per heavy atom. The third-order valence-corrected chi connectivity index (χ3v) is 4.63. The van der Waals surface area contributed by atoms with E-state index < -0.39 is 0 Å². The van der Waals surface area contributed by atoms with E-state index in [2.05, 4.69) is 25.2 Å². The number of benzene rings is 1. The Labute approximate surface area is 162 Å². The van der Waals surface area contributed by atoms with E-state index in [0.717, 1.165) is 35.7 Å². The van der Waals surface area contributed by atoms with Gasteiger partial charge in [-0.1, -0.05) is 30.4 Å². The van der Waals surface area contributed by atoms with Gasteiger partial charge in [0.05, 0.1) is 5.69 Å². The molecule has 27 heavy (non-hydrogen) atoms. The third-order valence-electron chi connectivity index (χ3n) is 4.42. The van der Waals surface area contributed by atoms with Crippen molar-refractivity contribution in [1.29, 1.82) is 0 Å². The SMILES string of the molecule is O=C(Nc1ccccc1)c1ccnc(N2CCc3nc(C=S)ncc3C2)c1. The fourth-order valence-electron chi connectivity index (χ4n) is 3.04. The molecule has 0 aliphatic carbocycles. The Morgan fingerprint density at radius 3 is 2.85 bits per heavy atom. The zero-order valence-corrected chi connectivity index (χ0v) is 15.3. The molecule has 3 aromatic rings. The molecule has 1 aliphatic heterocycles. The number of aromatic nitrogens is 3. The largest absolute Gasteiger partial charge is 0.352 e. The van der Waals surface area contributed by atoms with Crippen molar-refractivity contribution in [2.24, 2.45) is 0 Å². The van der Waals surface area contributed by atoms with Gasteiger partial charge in [-0.15, -0.1) is 0 Å². The van der Waals surface area contributed by atoms with Crippen molar-refractivity contribution in [3.8, 4) is 0 Å². The molecule has 134 valence electrons. The van der Waals surface area contributed by atoms with E-state index in [1.807, 2.05) is 42.6 Å². The summed E-state index contributed by atoms with van der Waals surface area (Å²) in [6.07, 6.45) is 4.27. The maximum Gasteiger partial charge on any atom is 0.255 e. The van der Waals surface area contributed by atoms with Crippen molar-refractivity contribution < 1.29 is 4.79 Å². The van der Waals surface area contributed by atoms with Crippen molar-refractivity contribution in [2.75, 3.05) is 16.8 Å². The first-order valence-electron chi connectivity index (χ1n) is 8.60. The summed E-state index contributed by atoms with van der Waals surface area (Å²) in [5, 5.41) is 4.39. The summed E-state index contributed by atoms with van der Waals surface area (Å²) < 4.78 is 0. The number of carbonyl (C=O) groups is 1. The van der Waals surface area contributed by atoms with Gasteiger partial charge in [-0.3, -0.25) is 4.79 Å². The van der Waals surface area contributed by atoms with Crippen LogP contribution in [-0.4, -0.2) is 32.8 Å². The molecule has 1 N–H and O–H groups in total. The quantitative estimate of drug-likeness (QED) is 0.707. The zero-order chi connectivity index (χ0) is 18.6. The number of thiocarbonyl (C=S) groups is 1. The lowest BCUT2D eigenvalue weighted by molar-refractivity contribution is 0.102. The van der Waals surface area contributed by atoms with Crippen LogP contribution in [0.25, 0.3) is 0 Å². The van der Waals surface area contributed by atoms with Crippen LogP contribution in [-0.2, 0) is 13.0 Å². The van der Waals surface area contributed by atoms with Gasteiger partial charge in [0.2, 0.25) is 0 Å². The number of fused-ring (bicyclic) bond motifs is 1. The molecule has 0 unspecified atom stereocenters. The Bertz CT molecular complexity index is 993. The molecule has 6 nitrogen and oxygen atoms in total. The Balaban J connectivity index is 1.52. The summed E-state index contributed by atoms with van der Waals surface area (Å²) in [6.45, 7) is 1.43. The summed E-state index contributed by atoms with van der Waals surface area (Å²) in [5.74, 6) is 1.19. The van der Waals surface area contributed by atoms with Crippen LogP contribution in [0.2, 0.25) is 0 Å². The molecule has 0 atom stereocenters. The minimum Gasteiger partial charge on any atom is -0.352 e. The van der Waals surface area contributed by atoms with E-state index >= 15 is 0 Å². The number of nitrogens with one attached hydrogen (secondary N) is 1. The van der Waals surface area contributed by atoms with Crippen LogP contribution in [0, 0.1) is 0 Å². The number of amides is 1.